The summed E-state index contributed by atoms with van der Waals surface area (Å²) >= 11 is 7.78. The van der Waals surface area contributed by atoms with Gasteiger partial charge >= 0.3 is 0 Å². The minimum absolute atomic E-state index is 0.0361. The number of rotatable bonds is 2. The average molecular weight is 471 g/mol. The van der Waals surface area contributed by atoms with Crippen LogP contribution in [0, 0.1) is 0 Å². The maximum absolute atomic E-state index is 13.7. The van der Waals surface area contributed by atoms with Gasteiger partial charge in [0.1, 0.15) is 5.01 Å². The van der Waals surface area contributed by atoms with Gasteiger partial charge in [0.25, 0.3) is 0 Å². The minimum atomic E-state index is -0.655. The Kier molecular flexibility index (Phi) is 4.47. The Balaban J connectivity index is 1.62. The Bertz CT molecular complexity index is 1530. The molecule has 6 rings (SSSR count). The molecule has 0 saturated carbocycles. The lowest BCUT2D eigenvalue weighted by molar-refractivity contribution is 0.0901. The maximum Gasteiger partial charge on any atom is 0.229 e. The van der Waals surface area contributed by atoms with E-state index in [2.05, 4.69) is 0 Å². The van der Waals surface area contributed by atoms with Gasteiger partial charge in [-0.25, -0.2) is 4.98 Å². The van der Waals surface area contributed by atoms with Crippen molar-refractivity contribution in [3.05, 3.63) is 117 Å². The van der Waals surface area contributed by atoms with Crippen LogP contribution in [0.1, 0.15) is 37.2 Å². The van der Waals surface area contributed by atoms with Crippen molar-refractivity contribution in [1.82, 2.24) is 4.98 Å². The summed E-state index contributed by atoms with van der Waals surface area (Å²) in [5.41, 5.74) is 9.44. The summed E-state index contributed by atoms with van der Waals surface area (Å²) in [4.78, 5) is 31.8. The number of ketones is 2. The quantitative estimate of drug-likeness (QED) is 0.405. The number of benzene rings is 3. The summed E-state index contributed by atoms with van der Waals surface area (Å²) in [6.07, 6.45) is 0. The summed E-state index contributed by atoms with van der Waals surface area (Å²) in [5.74, 6) is -1.27. The van der Waals surface area contributed by atoms with Gasteiger partial charge in [0.05, 0.1) is 27.3 Å². The first-order valence-electron chi connectivity index (χ1n) is 10.2. The summed E-state index contributed by atoms with van der Waals surface area (Å²) in [6, 6.07) is 21.7. The molecule has 1 aromatic heterocycles. The van der Waals surface area contributed by atoms with Crippen LogP contribution in [-0.2, 0) is 4.74 Å². The molecule has 1 atom stereocenters. The summed E-state index contributed by atoms with van der Waals surface area (Å²) in [7, 11) is 0. The molecule has 7 heteroatoms. The van der Waals surface area contributed by atoms with Crippen LogP contribution in [0.15, 0.2) is 90.0 Å². The van der Waals surface area contributed by atoms with Gasteiger partial charge in [-0.1, -0.05) is 60.1 Å². The van der Waals surface area contributed by atoms with Crippen molar-refractivity contribution in [2.45, 2.75) is 5.92 Å². The molecular weight excluding hydrogens is 456 g/mol. The van der Waals surface area contributed by atoms with E-state index in [1.54, 1.807) is 36.4 Å². The number of hydrogen-bond acceptors (Lipinski definition) is 6. The van der Waals surface area contributed by atoms with Crippen LogP contribution in [0.2, 0.25) is 5.02 Å². The number of ether oxygens (including phenoxy) is 1. The largest absolute Gasteiger partial charge is 0.437 e. The van der Waals surface area contributed by atoms with Crippen molar-refractivity contribution < 1.29 is 14.3 Å². The second-order valence-corrected chi connectivity index (χ2v) is 9.27. The molecule has 5 nitrogen and oxygen atoms in total. The van der Waals surface area contributed by atoms with Crippen molar-refractivity contribution in [3.63, 3.8) is 0 Å². The highest BCUT2D eigenvalue weighted by Gasteiger charge is 2.44. The molecule has 1 aliphatic carbocycles. The Morgan fingerprint density at radius 2 is 1.61 bits per heavy atom. The van der Waals surface area contributed by atoms with E-state index < -0.39 is 5.92 Å². The standard InChI is InChI=1S/C26H15ClN2O3S/c27-14-7-5-6-13(12-14)19-20-22(30)15-8-1-2-9-16(15)23(31)24(20)32-25(28)21(19)26-29-17-10-3-4-11-18(17)33-26/h1-12,19H,28H2. The Hall–Kier alpha value is -3.74. The Labute approximate surface area is 197 Å². The molecular formula is C26H15ClN2O3S. The molecule has 0 fully saturated rings. The highest BCUT2D eigenvalue weighted by Crippen LogP contribution is 2.49. The van der Waals surface area contributed by atoms with Gasteiger partial charge in [0, 0.05) is 16.1 Å². The van der Waals surface area contributed by atoms with E-state index in [1.807, 2.05) is 36.4 Å². The summed E-state index contributed by atoms with van der Waals surface area (Å²) < 4.78 is 6.86. The van der Waals surface area contributed by atoms with E-state index in [-0.39, 0.29) is 28.8 Å². The maximum atomic E-state index is 13.7. The third-order valence-corrected chi connectivity index (χ3v) is 7.18. The van der Waals surface area contributed by atoms with E-state index in [0.29, 0.717) is 26.7 Å². The minimum Gasteiger partial charge on any atom is -0.437 e. The lowest BCUT2D eigenvalue weighted by Crippen LogP contribution is -2.32. The van der Waals surface area contributed by atoms with Crippen LogP contribution >= 0.6 is 22.9 Å². The van der Waals surface area contributed by atoms with Crippen molar-refractivity contribution in [1.29, 1.82) is 0 Å². The fourth-order valence-electron chi connectivity index (χ4n) is 4.42. The van der Waals surface area contributed by atoms with E-state index in [1.165, 1.54) is 11.3 Å². The number of allylic oxidation sites excluding steroid dienone is 3. The molecule has 3 aromatic carbocycles. The van der Waals surface area contributed by atoms with Crippen molar-refractivity contribution in [2.24, 2.45) is 5.73 Å². The molecule has 0 amide bonds. The molecule has 1 aliphatic heterocycles. The van der Waals surface area contributed by atoms with E-state index in [9.17, 15) is 9.59 Å². The number of Topliss-reactive ketones (excluding diaryl/α,β-unsaturated/α-hetero) is 2. The van der Waals surface area contributed by atoms with Gasteiger partial charge in [-0.05, 0) is 29.8 Å². The molecule has 0 saturated heterocycles. The van der Waals surface area contributed by atoms with Gasteiger partial charge in [-0.15, -0.1) is 11.3 Å². The highest BCUT2D eigenvalue weighted by molar-refractivity contribution is 7.19. The molecule has 0 bridgehead atoms. The van der Waals surface area contributed by atoms with Gasteiger partial charge < -0.3 is 10.5 Å². The Morgan fingerprint density at radius 3 is 2.36 bits per heavy atom. The van der Waals surface area contributed by atoms with Crippen molar-refractivity contribution >= 4 is 50.3 Å². The molecule has 4 aromatic rings. The number of carbonyl (C=O) groups is 2. The average Bonchev–Trinajstić information content (AvgIpc) is 3.25. The normalized spacial score (nSPS) is 17.8. The zero-order valence-corrected chi connectivity index (χ0v) is 18.6. The first kappa shape index (κ1) is 19.9. The SMILES string of the molecule is NC1=C(c2nc3ccccc3s2)C(c2cccc(Cl)c2)C2=C(O1)C(=O)c1ccccc1C2=O. The van der Waals surface area contributed by atoms with E-state index >= 15 is 0 Å². The number of nitrogens with two attached hydrogens (primary N) is 1. The predicted molar refractivity (Wildman–Crippen MR) is 128 cm³/mol. The van der Waals surface area contributed by atoms with Crippen molar-refractivity contribution in [3.8, 4) is 0 Å². The fourth-order valence-corrected chi connectivity index (χ4v) is 5.67. The number of nitrogens with zero attached hydrogens (tertiary/aromatic N) is 1. The number of hydrogen-bond donors (Lipinski definition) is 1. The van der Waals surface area contributed by atoms with Crippen LogP contribution in [-0.4, -0.2) is 16.6 Å². The number of carbonyl (C=O) groups excluding carboxylic acids is 2. The van der Waals surface area contributed by atoms with E-state index in [4.69, 9.17) is 27.1 Å². The van der Waals surface area contributed by atoms with Crippen LogP contribution in [0.3, 0.4) is 0 Å². The third kappa shape index (κ3) is 3.03. The lowest BCUT2D eigenvalue weighted by atomic mass is 9.75. The first-order valence-corrected chi connectivity index (χ1v) is 11.4. The lowest BCUT2D eigenvalue weighted by Gasteiger charge is -2.32. The molecule has 0 spiro atoms. The van der Waals surface area contributed by atoms with Crippen LogP contribution in [0.4, 0.5) is 0 Å². The number of thiazole rings is 1. The number of para-hydroxylation sites is 1. The molecule has 1 unspecified atom stereocenters. The Morgan fingerprint density at radius 1 is 0.879 bits per heavy atom. The second-order valence-electron chi connectivity index (χ2n) is 7.80. The molecule has 33 heavy (non-hydrogen) atoms. The van der Waals surface area contributed by atoms with Crippen LogP contribution in [0.5, 0.6) is 0 Å². The predicted octanol–water partition coefficient (Wildman–Crippen LogP) is 5.72. The zero-order chi connectivity index (χ0) is 22.7. The van der Waals surface area contributed by atoms with E-state index in [0.717, 1.165) is 15.8 Å². The summed E-state index contributed by atoms with van der Waals surface area (Å²) in [6.45, 7) is 0. The second kappa shape index (κ2) is 7.40. The highest BCUT2D eigenvalue weighted by atomic mass is 35.5. The fraction of sp³-hybridized carbons (Fsp3) is 0.0385. The molecule has 2 aliphatic rings. The zero-order valence-electron chi connectivity index (χ0n) is 17.0. The smallest absolute Gasteiger partial charge is 0.229 e. The number of halogens is 1. The molecule has 2 heterocycles. The monoisotopic (exact) mass is 470 g/mol. The number of aromatic nitrogens is 1. The summed E-state index contributed by atoms with van der Waals surface area (Å²) in [5, 5.41) is 1.14. The van der Waals surface area contributed by atoms with Crippen LogP contribution < -0.4 is 5.73 Å². The van der Waals surface area contributed by atoms with Crippen molar-refractivity contribution in [2.75, 3.05) is 0 Å². The first-order chi connectivity index (χ1) is 16.0. The topological polar surface area (TPSA) is 82.3 Å². The van der Waals surface area contributed by atoms with Gasteiger partial charge in [0.15, 0.2) is 17.4 Å². The van der Waals surface area contributed by atoms with Crippen LogP contribution in [0.25, 0.3) is 15.8 Å². The molecule has 2 N–H and O–H groups in total. The number of fused-ring (bicyclic) bond motifs is 2. The van der Waals surface area contributed by atoms with Gasteiger partial charge in [0.2, 0.25) is 5.78 Å². The van der Waals surface area contributed by atoms with Gasteiger partial charge in [-0.3, -0.25) is 9.59 Å². The molecule has 160 valence electrons. The molecule has 0 radical (unpaired) electrons. The van der Waals surface area contributed by atoms with Gasteiger partial charge in [-0.2, -0.15) is 0 Å². The third-order valence-electron chi connectivity index (χ3n) is 5.87.